The Morgan fingerprint density at radius 1 is 1.33 bits per heavy atom. The number of unbranched alkanes of at least 4 members (excludes halogenated alkanes) is 1. The lowest BCUT2D eigenvalue weighted by atomic mass is 9.95. The molecule has 0 radical (unpaired) electrons. The summed E-state index contributed by atoms with van der Waals surface area (Å²) in [4.78, 5) is 11.9. The summed E-state index contributed by atoms with van der Waals surface area (Å²) in [5.74, 6) is 0.339. The molecule has 0 amide bonds. The SMILES string of the molecule is CCCCC(C)C(=O)c1ccc(Cl)cc1. The maximum atomic E-state index is 11.9. The van der Waals surface area contributed by atoms with E-state index in [1.54, 1.807) is 24.3 Å². The summed E-state index contributed by atoms with van der Waals surface area (Å²) < 4.78 is 0. The molecule has 0 aliphatic rings. The fourth-order valence-corrected chi connectivity index (χ4v) is 1.67. The molecule has 0 aliphatic carbocycles. The Labute approximate surface area is 96.5 Å². The van der Waals surface area contributed by atoms with Crippen molar-refractivity contribution in [2.24, 2.45) is 5.92 Å². The Balaban J connectivity index is 2.63. The minimum Gasteiger partial charge on any atom is -0.294 e. The van der Waals surface area contributed by atoms with Gasteiger partial charge in [-0.05, 0) is 30.7 Å². The van der Waals surface area contributed by atoms with Gasteiger partial charge in [-0.2, -0.15) is 0 Å². The fourth-order valence-electron chi connectivity index (χ4n) is 1.54. The van der Waals surface area contributed by atoms with Crippen molar-refractivity contribution in [3.05, 3.63) is 34.9 Å². The monoisotopic (exact) mass is 224 g/mol. The van der Waals surface area contributed by atoms with Crippen LogP contribution in [0.25, 0.3) is 0 Å². The normalized spacial score (nSPS) is 12.5. The molecular weight excluding hydrogens is 208 g/mol. The zero-order valence-corrected chi connectivity index (χ0v) is 10.1. The van der Waals surface area contributed by atoms with Crippen molar-refractivity contribution in [2.75, 3.05) is 0 Å². The Bertz CT molecular complexity index is 316. The highest BCUT2D eigenvalue weighted by atomic mass is 35.5. The number of hydrogen-bond donors (Lipinski definition) is 0. The highest BCUT2D eigenvalue weighted by molar-refractivity contribution is 6.30. The van der Waals surface area contributed by atoms with E-state index in [-0.39, 0.29) is 11.7 Å². The number of hydrogen-bond acceptors (Lipinski definition) is 1. The van der Waals surface area contributed by atoms with Crippen molar-refractivity contribution >= 4 is 17.4 Å². The third-order valence-electron chi connectivity index (χ3n) is 2.57. The molecule has 0 saturated heterocycles. The molecule has 15 heavy (non-hydrogen) atoms. The predicted molar refractivity (Wildman–Crippen MR) is 64.5 cm³/mol. The molecule has 0 saturated carbocycles. The van der Waals surface area contributed by atoms with Crippen molar-refractivity contribution in [3.63, 3.8) is 0 Å². The van der Waals surface area contributed by atoms with Gasteiger partial charge in [0, 0.05) is 16.5 Å². The Morgan fingerprint density at radius 2 is 1.93 bits per heavy atom. The van der Waals surface area contributed by atoms with Crippen molar-refractivity contribution in [1.29, 1.82) is 0 Å². The topological polar surface area (TPSA) is 17.1 Å². The molecule has 1 rings (SSSR count). The second kappa shape index (κ2) is 5.92. The van der Waals surface area contributed by atoms with Crippen LogP contribution in [0.4, 0.5) is 0 Å². The van der Waals surface area contributed by atoms with Gasteiger partial charge in [-0.25, -0.2) is 0 Å². The van der Waals surface area contributed by atoms with Gasteiger partial charge in [-0.3, -0.25) is 4.79 Å². The van der Waals surface area contributed by atoms with E-state index in [2.05, 4.69) is 6.92 Å². The second-order valence-electron chi connectivity index (χ2n) is 3.91. The first-order valence-electron chi connectivity index (χ1n) is 5.45. The van der Waals surface area contributed by atoms with Gasteiger partial charge in [-0.1, -0.05) is 38.3 Å². The van der Waals surface area contributed by atoms with Gasteiger partial charge >= 0.3 is 0 Å². The molecule has 0 bridgehead atoms. The van der Waals surface area contributed by atoms with Crippen LogP contribution in [-0.4, -0.2) is 5.78 Å². The molecule has 1 aromatic carbocycles. The van der Waals surface area contributed by atoms with E-state index in [1.807, 2.05) is 6.92 Å². The molecule has 0 aromatic heterocycles. The van der Waals surface area contributed by atoms with E-state index in [9.17, 15) is 4.79 Å². The minimum absolute atomic E-state index is 0.117. The second-order valence-corrected chi connectivity index (χ2v) is 4.35. The van der Waals surface area contributed by atoms with Crippen molar-refractivity contribution in [1.82, 2.24) is 0 Å². The fraction of sp³-hybridized carbons (Fsp3) is 0.462. The van der Waals surface area contributed by atoms with Crippen LogP contribution in [0.2, 0.25) is 5.02 Å². The number of Topliss-reactive ketones (excluding diaryl/α,β-unsaturated/α-hetero) is 1. The minimum atomic E-state index is 0.117. The molecule has 0 spiro atoms. The first kappa shape index (κ1) is 12.3. The summed E-state index contributed by atoms with van der Waals surface area (Å²) in [5, 5.41) is 0.674. The Kier molecular flexibility index (Phi) is 4.83. The van der Waals surface area contributed by atoms with E-state index in [0.717, 1.165) is 24.8 Å². The lowest BCUT2D eigenvalue weighted by molar-refractivity contribution is 0.0922. The lowest BCUT2D eigenvalue weighted by Crippen LogP contribution is -2.10. The highest BCUT2D eigenvalue weighted by Crippen LogP contribution is 2.16. The van der Waals surface area contributed by atoms with E-state index in [1.165, 1.54) is 0 Å². The summed E-state index contributed by atoms with van der Waals surface area (Å²) in [6, 6.07) is 7.13. The molecular formula is C13H17ClO. The molecule has 0 fully saturated rings. The van der Waals surface area contributed by atoms with Crippen molar-refractivity contribution in [2.45, 2.75) is 33.1 Å². The van der Waals surface area contributed by atoms with Gasteiger partial charge in [0.05, 0.1) is 0 Å². The summed E-state index contributed by atoms with van der Waals surface area (Å²) in [6.07, 6.45) is 3.22. The van der Waals surface area contributed by atoms with Crippen LogP contribution in [0.5, 0.6) is 0 Å². The van der Waals surface area contributed by atoms with E-state index < -0.39 is 0 Å². The standard InChI is InChI=1S/C13H17ClO/c1-3-4-5-10(2)13(15)11-6-8-12(14)9-7-11/h6-10H,3-5H2,1-2H3. The predicted octanol–water partition coefficient (Wildman–Crippen LogP) is 4.35. The molecule has 1 unspecified atom stereocenters. The van der Waals surface area contributed by atoms with Crippen LogP contribution in [0, 0.1) is 5.92 Å². The summed E-state index contributed by atoms with van der Waals surface area (Å²) in [5.41, 5.74) is 0.767. The number of carbonyl (C=O) groups excluding carboxylic acids is 1. The van der Waals surface area contributed by atoms with E-state index >= 15 is 0 Å². The van der Waals surface area contributed by atoms with Gasteiger partial charge in [-0.15, -0.1) is 0 Å². The zero-order valence-electron chi connectivity index (χ0n) is 9.29. The molecule has 0 N–H and O–H groups in total. The summed E-state index contributed by atoms with van der Waals surface area (Å²) in [6.45, 7) is 4.13. The number of halogens is 1. The van der Waals surface area contributed by atoms with Crippen LogP contribution in [0.3, 0.4) is 0 Å². The first-order chi connectivity index (χ1) is 7.15. The quantitative estimate of drug-likeness (QED) is 0.680. The van der Waals surface area contributed by atoms with Gasteiger partial charge in [0.2, 0.25) is 0 Å². The molecule has 1 aromatic rings. The van der Waals surface area contributed by atoms with E-state index in [0.29, 0.717) is 5.02 Å². The largest absolute Gasteiger partial charge is 0.294 e. The van der Waals surface area contributed by atoms with Gasteiger partial charge in [0.25, 0.3) is 0 Å². The number of carbonyl (C=O) groups is 1. The zero-order chi connectivity index (χ0) is 11.3. The van der Waals surface area contributed by atoms with Crippen LogP contribution in [0.15, 0.2) is 24.3 Å². The maximum Gasteiger partial charge on any atom is 0.165 e. The summed E-state index contributed by atoms with van der Waals surface area (Å²) in [7, 11) is 0. The average molecular weight is 225 g/mol. The molecule has 1 nitrogen and oxygen atoms in total. The number of rotatable bonds is 5. The first-order valence-corrected chi connectivity index (χ1v) is 5.82. The molecule has 82 valence electrons. The molecule has 1 atom stereocenters. The number of ketones is 1. The maximum absolute atomic E-state index is 11.9. The van der Waals surface area contributed by atoms with Crippen LogP contribution in [-0.2, 0) is 0 Å². The van der Waals surface area contributed by atoms with Gasteiger partial charge in [0.1, 0.15) is 0 Å². The highest BCUT2D eigenvalue weighted by Gasteiger charge is 2.13. The lowest BCUT2D eigenvalue weighted by Gasteiger charge is -2.09. The third kappa shape index (κ3) is 3.67. The Morgan fingerprint density at radius 3 is 2.47 bits per heavy atom. The van der Waals surface area contributed by atoms with Gasteiger partial charge < -0.3 is 0 Å². The Hall–Kier alpha value is -0.820. The molecule has 0 aliphatic heterocycles. The summed E-state index contributed by atoms with van der Waals surface area (Å²) >= 11 is 5.77. The van der Waals surface area contributed by atoms with E-state index in [4.69, 9.17) is 11.6 Å². The van der Waals surface area contributed by atoms with Crippen molar-refractivity contribution < 1.29 is 4.79 Å². The van der Waals surface area contributed by atoms with Gasteiger partial charge in [0.15, 0.2) is 5.78 Å². The smallest absolute Gasteiger partial charge is 0.165 e. The van der Waals surface area contributed by atoms with Crippen molar-refractivity contribution in [3.8, 4) is 0 Å². The average Bonchev–Trinajstić information content (AvgIpc) is 2.26. The number of benzene rings is 1. The van der Waals surface area contributed by atoms with Crippen LogP contribution < -0.4 is 0 Å². The molecule has 0 heterocycles. The molecule has 2 heteroatoms. The third-order valence-corrected chi connectivity index (χ3v) is 2.82. The van der Waals surface area contributed by atoms with Crippen LogP contribution in [0.1, 0.15) is 43.5 Å². The van der Waals surface area contributed by atoms with Crippen LogP contribution >= 0.6 is 11.6 Å².